The maximum absolute atomic E-state index is 11.6. The smallest absolute Gasteiger partial charge is 0.344 e. The lowest BCUT2D eigenvalue weighted by molar-refractivity contribution is -0.145. The first-order valence-electron chi connectivity index (χ1n) is 11.8. The molecule has 0 radical (unpaired) electrons. The van der Waals surface area contributed by atoms with E-state index in [1.807, 2.05) is 54.6 Å². The van der Waals surface area contributed by atoms with Gasteiger partial charge in [-0.2, -0.15) is 0 Å². The largest absolute Gasteiger partial charge is 0.482 e. The molecule has 3 aromatic carbocycles. The molecule has 182 valence electrons. The number of carbonyl (C=O) groups excluding carboxylic acids is 1. The Morgan fingerprint density at radius 3 is 2.31 bits per heavy atom. The molecule has 0 spiro atoms. The summed E-state index contributed by atoms with van der Waals surface area (Å²) in [6.45, 7) is 1.97. The Morgan fingerprint density at radius 2 is 1.61 bits per heavy atom. The summed E-state index contributed by atoms with van der Waals surface area (Å²) in [6, 6.07) is 29.8. The molecule has 0 aliphatic heterocycles. The molecular formula is C30H28N2O4. The van der Waals surface area contributed by atoms with Crippen LogP contribution >= 0.6 is 0 Å². The van der Waals surface area contributed by atoms with Crippen LogP contribution in [0.5, 0.6) is 5.75 Å². The van der Waals surface area contributed by atoms with Crippen LogP contribution in [0.2, 0.25) is 0 Å². The fourth-order valence-corrected chi connectivity index (χ4v) is 4.09. The van der Waals surface area contributed by atoms with Gasteiger partial charge in [0.15, 0.2) is 6.61 Å². The van der Waals surface area contributed by atoms with Crippen molar-refractivity contribution in [2.24, 2.45) is 5.16 Å². The average molecular weight is 481 g/mol. The van der Waals surface area contributed by atoms with Gasteiger partial charge in [0, 0.05) is 30.3 Å². The standard InChI is InChI=1S/C30H28N2O4/c1-2-35-30(33)21-36-27-10-6-9-26(19-27)22-11-13-24(14-12-22)28(23-7-4-3-5-8-23)20-29(32-34)25-15-17-31-18-16-25/h3-19,28,34H,2,20-21H2,1H3. The monoisotopic (exact) mass is 480 g/mol. The highest BCUT2D eigenvalue weighted by Gasteiger charge is 2.19. The molecule has 6 nitrogen and oxygen atoms in total. The third-order valence-electron chi connectivity index (χ3n) is 5.88. The summed E-state index contributed by atoms with van der Waals surface area (Å²) >= 11 is 0. The van der Waals surface area contributed by atoms with Gasteiger partial charge in [-0.3, -0.25) is 4.98 Å². The molecule has 0 bridgehead atoms. The van der Waals surface area contributed by atoms with Gasteiger partial charge < -0.3 is 14.7 Å². The van der Waals surface area contributed by atoms with Crippen LogP contribution in [-0.4, -0.2) is 35.1 Å². The molecule has 0 saturated heterocycles. The molecule has 1 aromatic heterocycles. The van der Waals surface area contributed by atoms with Crippen LogP contribution in [0.15, 0.2) is 109 Å². The third-order valence-corrected chi connectivity index (χ3v) is 5.88. The Labute approximate surface area is 210 Å². The molecule has 0 aliphatic carbocycles. The molecular weight excluding hydrogens is 452 g/mol. The number of rotatable bonds is 10. The van der Waals surface area contributed by atoms with Crippen molar-refractivity contribution >= 4 is 11.7 Å². The highest BCUT2D eigenvalue weighted by Crippen LogP contribution is 2.32. The van der Waals surface area contributed by atoms with E-state index in [4.69, 9.17) is 9.47 Å². The number of nitrogens with zero attached hydrogens (tertiary/aromatic N) is 2. The van der Waals surface area contributed by atoms with Gasteiger partial charge in [-0.15, -0.1) is 0 Å². The Hall–Kier alpha value is -4.45. The quantitative estimate of drug-likeness (QED) is 0.129. The first-order chi connectivity index (χ1) is 17.7. The van der Waals surface area contributed by atoms with Gasteiger partial charge in [0.25, 0.3) is 0 Å². The van der Waals surface area contributed by atoms with E-state index in [9.17, 15) is 10.0 Å². The lowest BCUT2D eigenvalue weighted by atomic mass is 9.85. The third kappa shape index (κ3) is 6.36. The summed E-state index contributed by atoms with van der Waals surface area (Å²) in [4.78, 5) is 15.7. The van der Waals surface area contributed by atoms with E-state index in [0.717, 1.165) is 27.8 Å². The van der Waals surface area contributed by atoms with Crippen molar-refractivity contribution in [3.05, 3.63) is 120 Å². The molecule has 0 saturated carbocycles. The van der Waals surface area contributed by atoms with E-state index in [1.165, 1.54) is 0 Å². The highest BCUT2D eigenvalue weighted by atomic mass is 16.6. The second kappa shape index (κ2) is 12.3. The zero-order valence-corrected chi connectivity index (χ0v) is 20.1. The van der Waals surface area contributed by atoms with Crippen LogP contribution in [0.1, 0.15) is 36.0 Å². The van der Waals surface area contributed by atoms with Crippen LogP contribution in [0.3, 0.4) is 0 Å². The normalized spacial score (nSPS) is 12.1. The zero-order valence-electron chi connectivity index (χ0n) is 20.1. The first kappa shape index (κ1) is 24.7. The van der Waals surface area contributed by atoms with E-state index >= 15 is 0 Å². The molecule has 36 heavy (non-hydrogen) atoms. The fraction of sp³-hybridized carbons (Fsp3) is 0.167. The summed E-state index contributed by atoms with van der Waals surface area (Å²) in [7, 11) is 0. The minimum absolute atomic E-state index is 0.00133. The van der Waals surface area contributed by atoms with Crippen LogP contribution < -0.4 is 4.74 Å². The van der Waals surface area contributed by atoms with Gasteiger partial charge in [-0.1, -0.05) is 71.9 Å². The number of ether oxygens (including phenoxy) is 2. The average Bonchev–Trinajstić information content (AvgIpc) is 2.94. The second-order valence-electron chi connectivity index (χ2n) is 8.19. The van der Waals surface area contributed by atoms with E-state index in [2.05, 4.69) is 46.5 Å². The van der Waals surface area contributed by atoms with Crippen LogP contribution in [0, 0.1) is 0 Å². The Balaban J connectivity index is 1.57. The minimum Gasteiger partial charge on any atom is -0.482 e. The maximum Gasteiger partial charge on any atom is 0.344 e. The number of benzene rings is 3. The Kier molecular flexibility index (Phi) is 8.44. The van der Waals surface area contributed by atoms with Gasteiger partial charge in [-0.25, -0.2) is 4.79 Å². The Morgan fingerprint density at radius 1 is 0.889 bits per heavy atom. The van der Waals surface area contributed by atoms with Crippen LogP contribution in [0.4, 0.5) is 0 Å². The van der Waals surface area contributed by atoms with Crippen molar-refractivity contribution in [2.45, 2.75) is 19.3 Å². The van der Waals surface area contributed by atoms with Crippen molar-refractivity contribution in [3.63, 3.8) is 0 Å². The molecule has 6 heteroatoms. The molecule has 1 unspecified atom stereocenters. The molecule has 4 aromatic rings. The lowest BCUT2D eigenvalue weighted by Crippen LogP contribution is -2.14. The summed E-state index contributed by atoms with van der Waals surface area (Å²) in [5, 5.41) is 13.4. The topological polar surface area (TPSA) is 81.0 Å². The van der Waals surface area contributed by atoms with Crippen molar-refractivity contribution in [1.29, 1.82) is 0 Å². The van der Waals surface area contributed by atoms with Gasteiger partial charge in [-0.05, 0) is 53.4 Å². The maximum atomic E-state index is 11.6. The number of hydrogen-bond donors (Lipinski definition) is 1. The number of hydrogen-bond acceptors (Lipinski definition) is 6. The lowest BCUT2D eigenvalue weighted by Gasteiger charge is -2.19. The number of carbonyl (C=O) groups is 1. The summed E-state index contributed by atoms with van der Waals surface area (Å²) in [6.07, 6.45) is 3.91. The summed E-state index contributed by atoms with van der Waals surface area (Å²) in [5.74, 6) is 0.211. The van der Waals surface area contributed by atoms with Crippen LogP contribution in [-0.2, 0) is 9.53 Å². The Bertz CT molecular complexity index is 1290. The molecule has 4 rings (SSSR count). The number of esters is 1. The minimum atomic E-state index is -0.392. The summed E-state index contributed by atoms with van der Waals surface area (Å²) in [5.41, 5.74) is 5.68. The fourth-order valence-electron chi connectivity index (χ4n) is 4.09. The van der Waals surface area contributed by atoms with Crippen molar-refractivity contribution in [2.75, 3.05) is 13.2 Å². The molecule has 1 heterocycles. The number of oxime groups is 1. The predicted molar refractivity (Wildman–Crippen MR) is 139 cm³/mol. The number of pyridine rings is 1. The molecule has 1 N–H and O–H groups in total. The SMILES string of the molecule is CCOC(=O)COc1cccc(-c2ccc(C(CC(=NO)c3ccncc3)c3ccccc3)cc2)c1. The zero-order chi connectivity index (χ0) is 25.2. The number of aromatic nitrogens is 1. The van der Waals surface area contributed by atoms with Crippen molar-refractivity contribution in [1.82, 2.24) is 4.98 Å². The van der Waals surface area contributed by atoms with Crippen molar-refractivity contribution < 1.29 is 19.5 Å². The van der Waals surface area contributed by atoms with Gasteiger partial charge in [0.05, 0.1) is 12.3 Å². The van der Waals surface area contributed by atoms with Crippen LogP contribution in [0.25, 0.3) is 11.1 Å². The van der Waals surface area contributed by atoms with Gasteiger partial charge in [0.2, 0.25) is 0 Å². The van der Waals surface area contributed by atoms with E-state index in [1.54, 1.807) is 19.3 Å². The molecule has 0 amide bonds. The highest BCUT2D eigenvalue weighted by molar-refractivity contribution is 6.00. The predicted octanol–water partition coefficient (Wildman–Crippen LogP) is 6.09. The van der Waals surface area contributed by atoms with Gasteiger partial charge >= 0.3 is 5.97 Å². The molecule has 0 fully saturated rings. The summed E-state index contributed by atoms with van der Waals surface area (Å²) < 4.78 is 10.5. The van der Waals surface area contributed by atoms with E-state index in [0.29, 0.717) is 24.5 Å². The first-order valence-corrected chi connectivity index (χ1v) is 11.8. The molecule has 1 atom stereocenters. The van der Waals surface area contributed by atoms with Gasteiger partial charge in [0.1, 0.15) is 5.75 Å². The van der Waals surface area contributed by atoms with Crippen molar-refractivity contribution in [3.8, 4) is 16.9 Å². The second-order valence-corrected chi connectivity index (χ2v) is 8.19. The van der Waals surface area contributed by atoms with E-state index in [-0.39, 0.29) is 12.5 Å². The van der Waals surface area contributed by atoms with E-state index < -0.39 is 5.97 Å². The molecule has 0 aliphatic rings.